The highest BCUT2D eigenvalue weighted by Crippen LogP contribution is 2.13. The van der Waals surface area contributed by atoms with Crippen molar-refractivity contribution in [3.05, 3.63) is 17.0 Å². The zero-order valence-electron chi connectivity index (χ0n) is 12.1. The van der Waals surface area contributed by atoms with Gasteiger partial charge in [0.1, 0.15) is 0 Å². The highest BCUT2D eigenvalue weighted by molar-refractivity contribution is 5.96. The molecule has 0 aliphatic carbocycles. The number of H-pyrrole nitrogens is 1. The second-order valence-corrected chi connectivity index (χ2v) is 4.90. The van der Waals surface area contributed by atoms with Crippen molar-refractivity contribution in [2.75, 3.05) is 33.7 Å². The minimum absolute atomic E-state index is 0.0856. The molecule has 5 heteroatoms. The van der Waals surface area contributed by atoms with Crippen LogP contribution < -0.4 is 0 Å². The van der Waals surface area contributed by atoms with Crippen molar-refractivity contribution in [2.24, 2.45) is 0 Å². The van der Waals surface area contributed by atoms with Crippen molar-refractivity contribution in [3.8, 4) is 0 Å². The van der Waals surface area contributed by atoms with Gasteiger partial charge in [-0.15, -0.1) is 0 Å². The molecule has 0 aliphatic heterocycles. The molecule has 1 rings (SSSR count). The molecule has 1 amide bonds. The van der Waals surface area contributed by atoms with Crippen LogP contribution in [0.2, 0.25) is 0 Å². The van der Waals surface area contributed by atoms with E-state index < -0.39 is 0 Å². The Hall–Kier alpha value is -1.36. The van der Waals surface area contributed by atoms with Crippen molar-refractivity contribution >= 4 is 5.91 Å². The standard InChI is InChI=1S/C13H24N4O/c1-6-7-17(9-8-16(4)5)13(18)12-10(2)14-15-11(12)3/h6-9H2,1-5H3,(H,14,15). The van der Waals surface area contributed by atoms with Crippen molar-refractivity contribution in [3.63, 3.8) is 0 Å². The second kappa shape index (κ2) is 6.54. The van der Waals surface area contributed by atoms with E-state index in [1.807, 2.05) is 32.8 Å². The fourth-order valence-corrected chi connectivity index (χ4v) is 1.93. The summed E-state index contributed by atoms with van der Waals surface area (Å²) in [5, 5.41) is 6.96. The number of nitrogens with zero attached hydrogens (tertiary/aromatic N) is 3. The van der Waals surface area contributed by atoms with E-state index in [4.69, 9.17) is 0 Å². The summed E-state index contributed by atoms with van der Waals surface area (Å²) in [6.45, 7) is 8.27. The summed E-state index contributed by atoms with van der Waals surface area (Å²) in [6, 6.07) is 0. The van der Waals surface area contributed by atoms with Gasteiger partial charge < -0.3 is 9.80 Å². The molecule has 0 radical (unpaired) electrons. The van der Waals surface area contributed by atoms with Crippen LogP contribution in [0.4, 0.5) is 0 Å². The van der Waals surface area contributed by atoms with Gasteiger partial charge >= 0.3 is 0 Å². The van der Waals surface area contributed by atoms with E-state index in [-0.39, 0.29) is 5.91 Å². The highest BCUT2D eigenvalue weighted by Gasteiger charge is 2.21. The number of amides is 1. The zero-order chi connectivity index (χ0) is 13.7. The van der Waals surface area contributed by atoms with Crippen LogP contribution in [0.1, 0.15) is 35.1 Å². The maximum atomic E-state index is 12.5. The van der Waals surface area contributed by atoms with E-state index in [0.29, 0.717) is 0 Å². The SMILES string of the molecule is CCCN(CCN(C)C)C(=O)c1c(C)n[nH]c1C. The van der Waals surface area contributed by atoms with Crippen LogP contribution in [0, 0.1) is 13.8 Å². The first-order valence-corrected chi connectivity index (χ1v) is 6.43. The Morgan fingerprint density at radius 2 is 1.89 bits per heavy atom. The van der Waals surface area contributed by atoms with Crippen LogP contribution in [-0.2, 0) is 0 Å². The molecule has 0 unspecified atom stereocenters. The Morgan fingerprint density at radius 1 is 1.22 bits per heavy atom. The van der Waals surface area contributed by atoms with E-state index in [0.717, 1.165) is 43.0 Å². The number of aromatic amines is 1. The van der Waals surface area contributed by atoms with Gasteiger partial charge in [-0.25, -0.2) is 0 Å². The number of aryl methyl sites for hydroxylation is 2. The van der Waals surface area contributed by atoms with Crippen molar-refractivity contribution < 1.29 is 4.79 Å². The van der Waals surface area contributed by atoms with Crippen molar-refractivity contribution in [1.29, 1.82) is 0 Å². The Balaban J connectivity index is 2.82. The fourth-order valence-electron chi connectivity index (χ4n) is 1.93. The van der Waals surface area contributed by atoms with Gasteiger partial charge in [-0.1, -0.05) is 6.92 Å². The zero-order valence-corrected chi connectivity index (χ0v) is 12.1. The molecule has 0 aromatic carbocycles. The number of nitrogens with one attached hydrogen (secondary N) is 1. The van der Waals surface area contributed by atoms with Gasteiger partial charge in [0.05, 0.1) is 11.3 Å². The monoisotopic (exact) mass is 252 g/mol. The van der Waals surface area contributed by atoms with E-state index in [2.05, 4.69) is 22.0 Å². The van der Waals surface area contributed by atoms with E-state index in [9.17, 15) is 4.79 Å². The van der Waals surface area contributed by atoms with Crippen LogP contribution >= 0.6 is 0 Å². The molecule has 1 N–H and O–H groups in total. The lowest BCUT2D eigenvalue weighted by Crippen LogP contribution is -2.37. The van der Waals surface area contributed by atoms with Crippen LogP contribution in [0.15, 0.2) is 0 Å². The number of hydrogen-bond donors (Lipinski definition) is 1. The third-order valence-corrected chi connectivity index (χ3v) is 2.94. The number of likely N-dealkylation sites (N-methyl/N-ethyl adjacent to an activating group) is 1. The van der Waals surface area contributed by atoms with Crippen LogP contribution in [-0.4, -0.2) is 59.6 Å². The van der Waals surface area contributed by atoms with Gasteiger partial charge in [0.2, 0.25) is 0 Å². The Morgan fingerprint density at radius 3 is 2.33 bits per heavy atom. The molecule has 18 heavy (non-hydrogen) atoms. The molecule has 0 atom stereocenters. The number of carbonyl (C=O) groups is 1. The number of hydrogen-bond acceptors (Lipinski definition) is 3. The lowest BCUT2D eigenvalue weighted by Gasteiger charge is -2.24. The van der Waals surface area contributed by atoms with Crippen LogP contribution in [0.5, 0.6) is 0 Å². The summed E-state index contributed by atoms with van der Waals surface area (Å²) >= 11 is 0. The third kappa shape index (κ3) is 3.57. The Labute approximate surface area is 109 Å². The normalized spacial score (nSPS) is 11.0. The first-order valence-electron chi connectivity index (χ1n) is 6.43. The number of rotatable bonds is 6. The maximum Gasteiger partial charge on any atom is 0.257 e. The van der Waals surface area contributed by atoms with E-state index >= 15 is 0 Å². The minimum atomic E-state index is 0.0856. The fraction of sp³-hybridized carbons (Fsp3) is 0.692. The highest BCUT2D eigenvalue weighted by atomic mass is 16.2. The summed E-state index contributed by atoms with van der Waals surface area (Å²) in [5.74, 6) is 0.0856. The lowest BCUT2D eigenvalue weighted by atomic mass is 10.1. The molecule has 0 saturated carbocycles. The smallest absolute Gasteiger partial charge is 0.257 e. The second-order valence-electron chi connectivity index (χ2n) is 4.90. The van der Waals surface area contributed by atoms with E-state index in [1.165, 1.54) is 0 Å². The summed E-state index contributed by atoms with van der Waals surface area (Å²) in [6.07, 6.45) is 0.967. The average Bonchev–Trinajstić information content (AvgIpc) is 2.63. The first kappa shape index (κ1) is 14.7. The number of aromatic nitrogens is 2. The molecule has 1 aromatic heterocycles. The lowest BCUT2D eigenvalue weighted by molar-refractivity contribution is 0.0743. The van der Waals surface area contributed by atoms with E-state index in [1.54, 1.807) is 0 Å². The average molecular weight is 252 g/mol. The first-order chi connectivity index (χ1) is 8.47. The van der Waals surface area contributed by atoms with Gasteiger partial charge in [0.25, 0.3) is 5.91 Å². The summed E-state index contributed by atoms with van der Waals surface area (Å²) in [5.41, 5.74) is 2.36. The van der Waals surface area contributed by atoms with Crippen LogP contribution in [0.3, 0.4) is 0 Å². The molecule has 0 saturated heterocycles. The molecule has 5 nitrogen and oxygen atoms in total. The topological polar surface area (TPSA) is 52.2 Å². The molecular formula is C13H24N4O. The quantitative estimate of drug-likeness (QED) is 0.833. The van der Waals surface area contributed by atoms with Crippen molar-refractivity contribution in [2.45, 2.75) is 27.2 Å². The van der Waals surface area contributed by atoms with Gasteiger partial charge in [-0.2, -0.15) is 5.10 Å². The largest absolute Gasteiger partial charge is 0.337 e. The number of carbonyl (C=O) groups excluding carboxylic acids is 1. The molecule has 0 spiro atoms. The summed E-state index contributed by atoms with van der Waals surface area (Å²) < 4.78 is 0. The molecule has 0 fully saturated rings. The Bertz CT molecular complexity index is 378. The van der Waals surface area contributed by atoms with Gasteiger partial charge in [0.15, 0.2) is 0 Å². The summed E-state index contributed by atoms with van der Waals surface area (Å²) in [7, 11) is 4.03. The predicted molar refractivity (Wildman–Crippen MR) is 72.8 cm³/mol. The molecule has 1 aromatic rings. The van der Waals surface area contributed by atoms with Gasteiger partial charge in [-0.05, 0) is 34.4 Å². The molecule has 0 aliphatic rings. The summed E-state index contributed by atoms with van der Waals surface area (Å²) in [4.78, 5) is 16.5. The van der Waals surface area contributed by atoms with Gasteiger partial charge in [-0.3, -0.25) is 9.89 Å². The predicted octanol–water partition coefficient (Wildman–Crippen LogP) is 1.44. The van der Waals surface area contributed by atoms with Crippen molar-refractivity contribution in [1.82, 2.24) is 20.0 Å². The Kier molecular flexibility index (Phi) is 5.34. The van der Waals surface area contributed by atoms with Crippen LogP contribution in [0.25, 0.3) is 0 Å². The van der Waals surface area contributed by atoms with Gasteiger partial charge in [0, 0.05) is 25.3 Å². The molecule has 1 heterocycles. The minimum Gasteiger partial charge on any atom is -0.337 e. The molecule has 102 valence electrons. The molecular weight excluding hydrogens is 228 g/mol. The molecule has 0 bridgehead atoms. The maximum absolute atomic E-state index is 12.5. The third-order valence-electron chi connectivity index (χ3n) is 2.94.